The van der Waals surface area contributed by atoms with Gasteiger partial charge in [-0.05, 0) is 30.5 Å². The number of likely N-dealkylation sites (tertiary alicyclic amines) is 1. The number of benzene rings is 1. The number of carboxylic acids is 1. The van der Waals surface area contributed by atoms with Crippen LogP contribution in [0.15, 0.2) is 41.8 Å². The fourth-order valence-corrected chi connectivity index (χ4v) is 4.77. The normalized spacial score (nSPS) is 20.8. The van der Waals surface area contributed by atoms with Gasteiger partial charge in [-0.3, -0.25) is 14.5 Å². The summed E-state index contributed by atoms with van der Waals surface area (Å²) in [5.41, 5.74) is 0.280. The zero-order chi connectivity index (χ0) is 20.6. The molecule has 4 rings (SSSR count). The number of carbonyl (C=O) groups excluding carboxylic acids is 3. The van der Waals surface area contributed by atoms with Crippen molar-refractivity contribution in [1.82, 2.24) is 9.80 Å². The van der Waals surface area contributed by atoms with Crippen LogP contribution in [0, 0.1) is 6.92 Å². The molecule has 0 aliphatic carbocycles. The minimum atomic E-state index is -1.33. The zero-order valence-electron chi connectivity index (χ0n) is 16.0. The second-order valence-electron chi connectivity index (χ2n) is 7.41. The van der Waals surface area contributed by atoms with Crippen LogP contribution >= 0.6 is 11.3 Å². The number of aliphatic carboxylic acids is 1. The summed E-state index contributed by atoms with van der Waals surface area (Å²) in [6.45, 7) is 2.53. The van der Waals surface area contributed by atoms with E-state index in [-0.39, 0.29) is 12.5 Å². The van der Waals surface area contributed by atoms with Crippen molar-refractivity contribution in [3.8, 4) is 0 Å². The molecule has 8 heteroatoms. The number of ether oxygens (including phenoxy) is 1. The molecule has 29 heavy (non-hydrogen) atoms. The SMILES string of the molecule is Cc1cccc(C(=O)N2[C@@H](C(=O)[O-])COC23CCN(C(=O)c2cccs2)CC3)c1. The number of rotatable bonds is 3. The van der Waals surface area contributed by atoms with Crippen molar-refractivity contribution in [2.45, 2.75) is 31.5 Å². The molecule has 1 aromatic heterocycles. The minimum absolute atomic E-state index is 0.0548. The molecule has 2 fully saturated rings. The number of nitrogens with zero attached hydrogens (tertiary/aromatic N) is 2. The van der Waals surface area contributed by atoms with Gasteiger partial charge in [-0.1, -0.05) is 23.8 Å². The van der Waals surface area contributed by atoms with E-state index in [0.29, 0.717) is 36.4 Å². The van der Waals surface area contributed by atoms with Gasteiger partial charge in [0.15, 0.2) is 0 Å². The highest BCUT2D eigenvalue weighted by Gasteiger charge is 2.52. The monoisotopic (exact) mass is 413 g/mol. The number of aryl methyl sites for hydroxylation is 1. The lowest BCUT2D eigenvalue weighted by Gasteiger charge is -2.44. The Kier molecular flexibility index (Phi) is 5.14. The van der Waals surface area contributed by atoms with Crippen molar-refractivity contribution >= 4 is 29.1 Å². The Hall–Kier alpha value is -2.71. The molecule has 0 saturated carbocycles. The van der Waals surface area contributed by atoms with Gasteiger partial charge in [0, 0.05) is 31.5 Å². The molecule has 0 radical (unpaired) electrons. The molecule has 2 amide bonds. The summed E-state index contributed by atoms with van der Waals surface area (Å²) in [6.07, 6.45) is 0.705. The number of hydrogen-bond donors (Lipinski definition) is 0. The first-order valence-corrected chi connectivity index (χ1v) is 10.4. The van der Waals surface area contributed by atoms with E-state index >= 15 is 0 Å². The summed E-state index contributed by atoms with van der Waals surface area (Å²) >= 11 is 1.38. The largest absolute Gasteiger partial charge is 0.548 e. The summed E-state index contributed by atoms with van der Waals surface area (Å²) in [6, 6.07) is 9.50. The summed E-state index contributed by atoms with van der Waals surface area (Å²) in [5.74, 6) is -1.78. The average Bonchev–Trinajstić information content (AvgIpc) is 3.36. The van der Waals surface area contributed by atoms with Crippen molar-refractivity contribution in [3.05, 3.63) is 57.8 Å². The van der Waals surface area contributed by atoms with E-state index in [1.807, 2.05) is 24.4 Å². The maximum Gasteiger partial charge on any atom is 0.263 e. The second kappa shape index (κ2) is 7.61. The molecule has 2 saturated heterocycles. The topological polar surface area (TPSA) is 90.0 Å². The van der Waals surface area contributed by atoms with E-state index in [4.69, 9.17) is 4.74 Å². The van der Waals surface area contributed by atoms with Crippen LogP contribution in [0.4, 0.5) is 0 Å². The molecular formula is C21H21N2O5S-. The maximum atomic E-state index is 13.3. The number of thiophene rings is 1. The minimum Gasteiger partial charge on any atom is -0.548 e. The summed E-state index contributed by atoms with van der Waals surface area (Å²) in [4.78, 5) is 41.3. The molecule has 1 atom stereocenters. The first-order valence-electron chi connectivity index (χ1n) is 9.49. The third-order valence-corrected chi connectivity index (χ3v) is 6.44. The van der Waals surface area contributed by atoms with Crippen molar-refractivity contribution < 1.29 is 24.2 Å². The molecule has 0 unspecified atom stereocenters. The second-order valence-corrected chi connectivity index (χ2v) is 8.35. The molecule has 1 aromatic carbocycles. The molecule has 2 aromatic rings. The van der Waals surface area contributed by atoms with Crippen LogP contribution in [0.1, 0.15) is 38.4 Å². The Labute approximate surface area is 172 Å². The van der Waals surface area contributed by atoms with Crippen LogP contribution in [-0.2, 0) is 9.53 Å². The Balaban J connectivity index is 1.58. The van der Waals surface area contributed by atoms with Crippen molar-refractivity contribution in [3.63, 3.8) is 0 Å². The summed E-state index contributed by atoms with van der Waals surface area (Å²) < 4.78 is 5.91. The predicted molar refractivity (Wildman–Crippen MR) is 104 cm³/mol. The number of amides is 2. The Morgan fingerprint density at radius 1 is 1.14 bits per heavy atom. The van der Waals surface area contributed by atoms with Crippen LogP contribution in [-0.4, -0.2) is 59.0 Å². The molecule has 152 valence electrons. The van der Waals surface area contributed by atoms with Crippen LogP contribution < -0.4 is 5.11 Å². The molecule has 2 aliphatic heterocycles. The third kappa shape index (κ3) is 3.54. The summed E-state index contributed by atoms with van der Waals surface area (Å²) in [7, 11) is 0. The first-order chi connectivity index (χ1) is 13.9. The Bertz CT molecular complexity index is 934. The van der Waals surface area contributed by atoms with Crippen LogP contribution in [0.2, 0.25) is 0 Å². The predicted octanol–water partition coefficient (Wildman–Crippen LogP) is 1.28. The lowest BCUT2D eigenvalue weighted by molar-refractivity contribution is -0.310. The van der Waals surface area contributed by atoms with Crippen molar-refractivity contribution in [2.75, 3.05) is 19.7 Å². The van der Waals surface area contributed by atoms with Gasteiger partial charge in [0.2, 0.25) is 0 Å². The molecule has 1 spiro atoms. The maximum absolute atomic E-state index is 13.3. The van der Waals surface area contributed by atoms with Crippen molar-refractivity contribution in [2.24, 2.45) is 0 Å². The van der Waals surface area contributed by atoms with E-state index < -0.39 is 23.6 Å². The van der Waals surface area contributed by atoms with Crippen molar-refractivity contribution in [1.29, 1.82) is 0 Å². The molecule has 3 heterocycles. The van der Waals surface area contributed by atoms with Crippen LogP contribution in [0.5, 0.6) is 0 Å². The van der Waals surface area contributed by atoms with Gasteiger partial charge in [0.25, 0.3) is 11.8 Å². The number of hydrogen-bond acceptors (Lipinski definition) is 6. The molecular weight excluding hydrogens is 392 g/mol. The highest BCUT2D eigenvalue weighted by atomic mass is 32.1. The molecule has 2 aliphatic rings. The van der Waals surface area contributed by atoms with Gasteiger partial charge < -0.3 is 19.5 Å². The number of carbonyl (C=O) groups is 3. The molecule has 0 bridgehead atoms. The smallest absolute Gasteiger partial charge is 0.263 e. The first kappa shape index (κ1) is 19.6. The van der Waals surface area contributed by atoms with Gasteiger partial charge >= 0.3 is 0 Å². The lowest BCUT2D eigenvalue weighted by atomic mass is 9.96. The lowest BCUT2D eigenvalue weighted by Crippen LogP contribution is -2.60. The van der Waals surface area contributed by atoms with Gasteiger partial charge in [0.05, 0.1) is 23.5 Å². The van der Waals surface area contributed by atoms with Gasteiger partial charge in [-0.15, -0.1) is 11.3 Å². The average molecular weight is 413 g/mol. The zero-order valence-corrected chi connectivity index (χ0v) is 16.8. The van der Waals surface area contributed by atoms with Gasteiger partial charge in [0.1, 0.15) is 5.72 Å². The van der Waals surface area contributed by atoms with Gasteiger partial charge in [-0.25, -0.2) is 0 Å². The van der Waals surface area contributed by atoms with Crippen LogP contribution in [0.25, 0.3) is 0 Å². The fourth-order valence-electron chi connectivity index (χ4n) is 4.08. The highest BCUT2D eigenvalue weighted by Crippen LogP contribution is 2.38. The quantitative estimate of drug-likeness (QED) is 0.756. The number of carboxylic acid groups (broad SMARTS) is 1. The van der Waals surface area contributed by atoms with E-state index in [1.165, 1.54) is 16.2 Å². The van der Waals surface area contributed by atoms with Gasteiger partial charge in [-0.2, -0.15) is 0 Å². The molecule has 7 nitrogen and oxygen atoms in total. The third-order valence-electron chi connectivity index (χ3n) is 5.58. The Morgan fingerprint density at radius 2 is 1.90 bits per heavy atom. The van der Waals surface area contributed by atoms with E-state index in [2.05, 4.69) is 0 Å². The standard InChI is InChI=1S/C21H22N2O5S/c1-14-4-2-5-15(12-14)18(24)23-16(20(26)27)13-28-21(23)7-9-22(10-8-21)19(25)17-6-3-11-29-17/h2-6,11-12,16H,7-10,13H2,1H3,(H,26,27)/p-1/t16-/m1/s1. The molecule has 0 N–H and O–H groups in total. The van der Waals surface area contributed by atoms with Crippen LogP contribution in [0.3, 0.4) is 0 Å². The van der Waals surface area contributed by atoms with E-state index in [0.717, 1.165) is 5.56 Å². The Morgan fingerprint density at radius 3 is 2.52 bits per heavy atom. The fraction of sp³-hybridized carbons (Fsp3) is 0.381. The van der Waals surface area contributed by atoms with E-state index in [1.54, 1.807) is 29.2 Å². The number of piperidine rings is 1. The van der Waals surface area contributed by atoms with E-state index in [9.17, 15) is 19.5 Å². The summed E-state index contributed by atoms with van der Waals surface area (Å²) in [5, 5.41) is 13.6. The highest BCUT2D eigenvalue weighted by molar-refractivity contribution is 7.12.